The Kier molecular flexibility index (Phi) is 4.56. The van der Waals surface area contributed by atoms with Gasteiger partial charge in [0.2, 0.25) is 5.76 Å². The average Bonchev–Trinajstić information content (AvgIpc) is 3.11. The molecule has 0 bridgehead atoms. The van der Waals surface area contributed by atoms with Crippen LogP contribution in [0.25, 0.3) is 11.3 Å². The van der Waals surface area contributed by atoms with Crippen molar-refractivity contribution in [1.29, 1.82) is 0 Å². The highest BCUT2D eigenvalue weighted by Gasteiger charge is 2.14. The highest BCUT2D eigenvalue weighted by Crippen LogP contribution is 2.25. The van der Waals surface area contributed by atoms with Gasteiger partial charge >= 0.3 is 5.97 Å². The molecule has 0 atom stereocenters. The largest absolute Gasteiger partial charge is 0.455 e. The van der Waals surface area contributed by atoms with Gasteiger partial charge in [0, 0.05) is 17.7 Å². The molecule has 3 aromatic rings. The molecule has 0 amide bonds. The van der Waals surface area contributed by atoms with Gasteiger partial charge in [-0.15, -0.1) is 0 Å². The predicted molar refractivity (Wildman–Crippen MR) is 86.3 cm³/mol. The number of carbonyl (C=O) groups is 1. The number of rotatable bonds is 5. The van der Waals surface area contributed by atoms with Crippen molar-refractivity contribution in [1.82, 2.24) is 0 Å². The van der Waals surface area contributed by atoms with Crippen LogP contribution in [-0.4, -0.2) is 10.9 Å². The number of nitrogens with zero attached hydrogens (tertiary/aromatic N) is 1. The lowest BCUT2D eigenvalue weighted by atomic mass is 10.1. The normalized spacial score (nSPS) is 10.4. The number of carbonyl (C=O) groups excluding carboxylic acids is 1. The van der Waals surface area contributed by atoms with Gasteiger partial charge < -0.3 is 9.15 Å². The summed E-state index contributed by atoms with van der Waals surface area (Å²) in [5, 5.41) is 10.6. The van der Waals surface area contributed by atoms with Gasteiger partial charge in [-0.2, -0.15) is 0 Å². The number of non-ortho nitro benzene ring substituents is 1. The standard InChI is InChI=1S/C18H12FNO5/c19-14-5-1-12(2-6-14)11-24-18(21)17-10-9-16(25-17)13-3-7-15(8-4-13)20(22)23/h1-10H,11H2. The van der Waals surface area contributed by atoms with Crippen molar-refractivity contribution in [3.63, 3.8) is 0 Å². The van der Waals surface area contributed by atoms with Crippen molar-refractivity contribution < 1.29 is 23.3 Å². The van der Waals surface area contributed by atoms with Gasteiger partial charge in [0.25, 0.3) is 5.69 Å². The molecular formula is C18H12FNO5. The number of halogens is 1. The van der Waals surface area contributed by atoms with Crippen molar-refractivity contribution >= 4 is 11.7 Å². The number of nitro benzene ring substituents is 1. The molecule has 0 unspecified atom stereocenters. The summed E-state index contributed by atoms with van der Waals surface area (Å²) in [6.07, 6.45) is 0. The molecule has 0 aliphatic carbocycles. The van der Waals surface area contributed by atoms with E-state index in [1.807, 2.05) is 0 Å². The van der Waals surface area contributed by atoms with E-state index in [9.17, 15) is 19.3 Å². The zero-order valence-corrected chi connectivity index (χ0v) is 12.8. The summed E-state index contributed by atoms with van der Waals surface area (Å²) in [6, 6.07) is 14.4. The first-order valence-corrected chi connectivity index (χ1v) is 7.29. The van der Waals surface area contributed by atoms with E-state index in [0.717, 1.165) is 0 Å². The van der Waals surface area contributed by atoms with Crippen molar-refractivity contribution in [2.45, 2.75) is 6.61 Å². The maximum atomic E-state index is 12.8. The predicted octanol–water partition coefficient (Wildman–Crippen LogP) is 4.35. The first-order chi connectivity index (χ1) is 12.0. The summed E-state index contributed by atoms with van der Waals surface area (Å²) in [5.74, 6) is -0.620. The molecule has 25 heavy (non-hydrogen) atoms. The Bertz CT molecular complexity index is 900. The van der Waals surface area contributed by atoms with E-state index in [2.05, 4.69) is 0 Å². The van der Waals surface area contributed by atoms with E-state index in [4.69, 9.17) is 9.15 Å². The molecule has 7 heteroatoms. The van der Waals surface area contributed by atoms with Crippen LogP contribution in [0.15, 0.2) is 65.1 Å². The van der Waals surface area contributed by atoms with Gasteiger partial charge in [0.15, 0.2) is 0 Å². The smallest absolute Gasteiger partial charge is 0.374 e. The van der Waals surface area contributed by atoms with Crippen LogP contribution in [0.2, 0.25) is 0 Å². The molecule has 0 N–H and O–H groups in total. The molecular weight excluding hydrogens is 329 g/mol. The first kappa shape index (κ1) is 16.4. The number of benzene rings is 2. The maximum absolute atomic E-state index is 12.8. The number of hydrogen-bond donors (Lipinski definition) is 0. The lowest BCUT2D eigenvalue weighted by Gasteiger charge is -2.03. The van der Waals surface area contributed by atoms with Gasteiger partial charge in [-0.3, -0.25) is 10.1 Å². The van der Waals surface area contributed by atoms with Crippen molar-refractivity contribution in [3.05, 3.63) is 87.9 Å². The van der Waals surface area contributed by atoms with Crippen molar-refractivity contribution in [2.24, 2.45) is 0 Å². The van der Waals surface area contributed by atoms with E-state index in [0.29, 0.717) is 16.9 Å². The van der Waals surface area contributed by atoms with Crippen molar-refractivity contribution in [3.8, 4) is 11.3 Å². The summed E-state index contributed by atoms with van der Waals surface area (Å²) in [7, 11) is 0. The fourth-order valence-electron chi connectivity index (χ4n) is 2.15. The molecule has 3 rings (SSSR count). The quantitative estimate of drug-likeness (QED) is 0.391. The number of furan rings is 1. The second kappa shape index (κ2) is 6.96. The Balaban J connectivity index is 1.66. The van der Waals surface area contributed by atoms with E-state index < -0.39 is 10.9 Å². The second-order valence-electron chi connectivity index (χ2n) is 5.17. The molecule has 0 aliphatic heterocycles. The van der Waals surface area contributed by atoms with Crippen molar-refractivity contribution in [2.75, 3.05) is 0 Å². The van der Waals surface area contributed by atoms with Gasteiger partial charge in [-0.25, -0.2) is 9.18 Å². The molecule has 0 saturated heterocycles. The van der Waals surface area contributed by atoms with Crippen LogP contribution in [0.3, 0.4) is 0 Å². The van der Waals surface area contributed by atoms with E-state index >= 15 is 0 Å². The Morgan fingerprint density at radius 2 is 1.72 bits per heavy atom. The monoisotopic (exact) mass is 341 g/mol. The minimum absolute atomic E-state index is 0.00726. The first-order valence-electron chi connectivity index (χ1n) is 7.29. The SMILES string of the molecule is O=C(OCc1ccc(F)cc1)c1ccc(-c2ccc([N+](=O)[O-])cc2)o1. The fraction of sp³-hybridized carbons (Fsp3) is 0.0556. The second-order valence-corrected chi connectivity index (χ2v) is 5.17. The lowest BCUT2D eigenvalue weighted by Crippen LogP contribution is -2.03. The fourth-order valence-corrected chi connectivity index (χ4v) is 2.15. The topological polar surface area (TPSA) is 82.6 Å². The summed E-state index contributed by atoms with van der Waals surface area (Å²) < 4.78 is 23.4. The van der Waals surface area contributed by atoms with E-state index in [1.165, 1.54) is 54.6 Å². The molecule has 126 valence electrons. The van der Waals surface area contributed by atoms with Gasteiger partial charge in [0.05, 0.1) is 4.92 Å². The molecule has 0 spiro atoms. The van der Waals surface area contributed by atoms with Crippen LogP contribution in [0.4, 0.5) is 10.1 Å². The van der Waals surface area contributed by atoms with E-state index in [-0.39, 0.29) is 23.9 Å². The zero-order valence-electron chi connectivity index (χ0n) is 12.8. The van der Waals surface area contributed by atoms with Crippen LogP contribution >= 0.6 is 0 Å². The maximum Gasteiger partial charge on any atom is 0.374 e. The third kappa shape index (κ3) is 3.89. The minimum atomic E-state index is -0.655. The van der Waals surface area contributed by atoms with Gasteiger partial charge in [0.1, 0.15) is 18.2 Å². The third-order valence-electron chi connectivity index (χ3n) is 3.45. The molecule has 0 saturated carbocycles. The summed E-state index contributed by atoms with van der Waals surface area (Å²) in [4.78, 5) is 22.1. The summed E-state index contributed by atoms with van der Waals surface area (Å²) >= 11 is 0. The molecule has 0 fully saturated rings. The molecule has 1 heterocycles. The highest BCUT2D eigenvalue weighted by molar-refractivity contribution is 5.87. The minimum Gasteiger partial charge on any atom is -0.455 e. The Hall–Kier alpha value is -3.48. The lowest BCUT2D eigenvalue weighted by molar-refractivity contribution is -0.384. The highest BCUT2D eigenvalue weighted by atomic mass is 19.1. The van der Waals surface area contributed by atoms with Crippen LogP contribution in [-0.2, 0) is 11.3 Å². The zero-order chi connectivity index (χ0) is 17.8. The van der Waals surface area contributed by atoms with Crippen LogP contribution in [0.1, 0.15) is 16.1 Å². The van der Waals surface area contributed by atoms with Gasteiger partial charge in [-0.05, 0) is 42.0 Å². The molecule has 1 aromatic heterocycles. The van der Waals surface area contributed by atoms with Crippen LogP contribution < -0.4 is 0 Å². The molecule has 0 aliphatic rings. The molecule has 0 radical (unpaired) electrons. The Morgan fingerprint density at radius 3 is 2.36 bits per heavy atom. The van der Waals surface area contributed by atoms with Crippen LogP contribution in [0.5, 0.6) is 0 Å². The Morgan fingerprint density at radius 1 is 1.04 bits per heavy atom. The third-order valence-corrected chi connectivity index (χ3v) is 3.45. The summed E-state index contributed by atoms with van der Waals surface area (Å²) in [5.41, 5.74) is 1.22. The number of nitro groups is 1. The molecule has 2 aromatic carbocycles. The average molecular weight is 341 g/mol. The van der Waals surface area contributed by atoms with Crippen LogP contribution in [0, 0.1) is 15.9 Å². The van der Waals surface area contributed by atoms with Gasteiger partial charge in [-0.1, -0.05) is 12.1 Å². The molecule has 6 nitrogen and oxygen atoms in total. The Labute approximate surface area is 141 Å². The number of esters is 1. The summed E-state index contributed by atoms with van der Waals surface area (Å²) in [6.45, 7) is -0.00726. The van der Waals surface area contributed by atoms with E-state index in [1.54, 1.807) is 6.07 Å². The number of hydrogen-bond acceptors (Lipinski definition) is 5. The number of ether oxygens (including phenoxy) is 1.